The van der Waals surface area contributed by atoms with Gasteiger partial charge < -0.3 is 24.1 Å². The Morgan fingerprint density at radius 1 is 0.634 bits per heavy atom. The third-order valence-electron chi connectivity index (χ3n) is 6.03. The van der Waals surface area contributed by atoms with Crippen LogP contribution in [0.1, 0.15) is 22.3 Å². The summed E-state index contributed by atoms with van der Waals surface area (Å²) in [4.78, 5) is 12.5. The molecule has 4 rings (SSSR count). The van der Waals surface area contributed by atoms with Crippen molar-refractivity contribution < 1.29 is 28.8 Å². The molecular weight excluding hydrogens is 516 g/mol. The highest BCUT2D eigenvalue weighted by Gasteiger charge is 2.07. The van der Waals surface area contributed by atoms with Crippen LogP contribution < -0.4 is 18.9 Å². The molecule has 0 aliphatic rings. The van der Waals surface area contributed by atoms with Crippen molar-refractivity contribution in [1.82, 2.24) is 0 Å². The normalized spacial score (nSPS) is 11.5. The maximum absolute atomic E-state index is 12.5. The van der Waals surface area contributed by atoms with Crippen LogP contribution in [0.2, 0.25) is 0 Å². The molecule has 1 N–H and O–H groups in total. The molecule has 4 aromatic carbocycles. The summed E-state index contributed by atoms with van der Waals surface area (Å²) in [5.41, 5.74) is 3.60. The quantitative estimate of drug-likeness (QED) is 0.105. The molecule has 6 heteroatoms. The van der Waals surface area contributed by atoms with Crippen LogP contribution in [0.15, 0.2) is 121 Å². The number of ketones is 1. The summed E-state index contributed by atoms with van der Waals surface area (Å²) in [6.45, 7) is 0.784. The molecule has 0 unspecified atom stereocenters. The van der Waals surface area contributed by atoms with E-state index >= 15 is 0 Å². The zero-order valence-corrected chi connectivity index (χ0v) is 23.0. The second kappa shape index (κ2) is 14.8. The first-order valence-electron chi connectivity index (χ1n) is 13.0. The fraction of sp³-hybridized carbons (Fsp3) is 0.114. The predicted octanol–water partition coefficient (Wildman–Crippen LogP) is 7.60. The van der Waals surface area contributed by atoms with Crippen LogP contribution in [0.4, 0.5) is 0 Å². The molecule has 0 aliphatic heterocycles. The van der Waals surface area contributed by atoms with Gasteiger partial charge in [-0.2, -0.15) is 0 Å². The Kier molecular flexibility index (Phi) is 10.4. The van der Waals surface area contributed by atoms with Crippen molar-refractivity contribution in [3.05, 3.63) is 143 Å². The second-order valence-corrected chi connectivity index (χ2v) is 9.01. The van der Waals surface area contributed by atoms with Gasteiger partial charge in [-0.15, -0.1) is 0 Å². The first kappa shape index (κ1) is 28.8. The van der Waals surface area contributed by atoms with Crippen molar-refractivity contribution in [2.24, 2.45) is 0 Å². The molecule has 6 nitrogen and oxygen atoms in total. The van der Waals surface area contributed by atoms with Gasteiger partial charge in [-0.1, -0.05) is 84.9 Å². The highest BCUT2D eigenvalue weighted by molar-refractivity contribution is 6.02. The zero-order chi connectivity index (χ0) is 28.9. The smallest absolute Gasteiger partial charge is 0.182 e. The average molecular weight is 549 g/mol. The lowest BCUT2D eigenvalue weighted by molar-refractivity contribution is -0.110. The van der Waals surface area contributed by atoms with Crippen LogP contribution in [0.3, 0.4) is 0 Å². The first-order valence-corrected chi connectivity index (χ1v) is 13.0. The molecule has 0 aromatic heterocycles. The molecule has 0 atom stereocenters. The topological polar surface area (TPSA) is 74.2 Å². The largest absolute Gasteiger partial charge is 0.508 e. The maximum atomic E-state index is 12.5. The number of rotatable bonds is 13. The summed E-state index contributed by atoms with van der Waals surface area (Å²) in [6, 6.07) is 30.5. The molecule has 41 heavy (non-hydrogen) atoms. The predicted molar refractivity (Wildman–Crippen MR) is 161 cm³/mol. The van der Waals surface area contributed by atoms with Crippen molar-refractivity contribution in [2.45, 2.75) is 13.2 Å². The van der Waals surface area contributed by atoms with Crippen LogP contribution in [-0.4, -0.2) is 25.1 Å². The van der Waals surface area contributed by atoms with Crippen molar-refractivity contribution >= 4 is 17.9 Å². The molecule has 0 radical (unpaired) electrons. The van der Waals surface area contributed by atoms with Gasteiger partial charge in [0.05, 0.1) is 14.2 Å². The van der Waals surface area contributed by atoms with Gasteiger partial charge in [0.15, 0.2) is 28.8 Å². The Hall–Kier alpha value is -5.23. The van der Waals surface area contributed by atoms with Gasteiger partial charge in [0, 0.05) is 6.08 Å². The summed E-state index contributed by atoms with van der Waals surface area (Å²) in [5, 5.41) is 10.3. The van der Waals surface area contributed by atoms with E-state index in [1.807, 2.05) is 78.9 Å². The van der Waals surface area contributed by atoms with E-state index in [0.717, 1.165) is 28.3 Å². The van der Waals surface area contributed by atoms with Gasteiger partial charge in [-0.25, -0.2) is 0 Å². The van der Waals surface area contributed by atoms with Gasteiger partial charge in [0.25, 0.3) is 0 Å². The molecule has 0 amide bonds. The van der Waals surface area contributed by atoms with E-state index in [2.05, 4.69) is 0 Å². The van der Waals surface area contributed by atoms with Crippen molar-refractivity contribution in [2.75, 3.05) is 14.2 Å². The highest BCUT2D eigenvalue weighted by atomic mass is 16.5. The number of carbonyl (C=O) groups is 1. The van der Waals surface area contributed by atoms with Crippen molar-refractivity contribution in [3.63, 3.8) is 0 Å². The fourth-order valence-electron chi connectivity index (χ4n) is 3.89. The van der Waals surface area contributed by atoms with Crippen LogP contribution in [0, 0.1) is 0 Å². The standard InChI is InChI=1S/C35H32O6/c1-38-32-19-15-26(21-34(32)40-24-28-9-5-3-6-10-28)13-17-30(36)23-31(37)18-14-27-16-20-33(39-2)35(22-27)41-25-29-11-7-4-8-12-29/h3-23,36H,24-25H2,1-2H3/b17-13+,18-14+,30-23?. The van der Waals surface area contributed by atoms with E-state index in [9.17, 15) is 9.90 Å². The number of carbonyl (C=O) groups excluding carboxylic acids is 1. The van der Waals surface area contributed by atoms with Crippen LogP contribution in [0.5, 0.6) is 23.0 Å². The lowest BCUT2D eigenvalue weighted by atomic mass is 10.1. The number of benzene rings is 4. The van der Waals surface area contributed by atoms with Gasteiger partial charge in [0.2, 0.25) is 0 Å². The minimum absolute atomic E-state index is 0.177. The Balaban J connectivity index is 1.38. The molecule has 208 valence electrons. The lowest BCUT2D eigenvalue weighted by Crippen LogP contribution is -1.98. The number of aliphatic hydroxyl groups excluding tert-OH is 1. The van der Waals surface area contributed by atoms with Crippen molar-refractivity contribution in [3.8, 4) is 23.0 Å². The summed E-state index contributed by atoms with van der Waals surface area (Å²) in [5.74, 6) is 1.80. The molecule has 0 heterocycles. The van der Waals surface area contributed by atoms with E-state index in [-0.39, 0.29) is 11.5 Å². The fourth-order valence-corrected chi connectivity index (χ4v) is 3.89. The lowest BCUT2D eigenvalue weighted by Gasteiger charge is -2.11. The average Bonchev–Trinajstić information content (AvgIpc) is 3.01. The minimum atomic E-state index is -0.365. The Morgan fingerprint density at radius 3 is 1.56 bits per heavy atom. The molecule has 0 bridgehead atoms. The number of hydrogen-bond donors (Lipinski definition) is 1. The Bertz CT molecular complexity index is 1520. The molecule has 0 saturated carbocycles. The number of ether oxygens (including phenoxy) is 4. The number of hydrogen-bond acceptors (Lipinski definition) is 6. The summed E-state index contributed by atoms with van der Waals surface area (Å²) in [7, 11) is 3.16. The van der Waals surface area contributed by atoms with Gasteiger partial charge >= 0.3 is 0 Å². The van der Waals surface area contributed by atoms with Crippen LogP contribution >= 0.6 is 0 Å². The zero-order valence-electron chi connectivity index (χ0n) is 23.0. The molecule has 4 aromatic rings. The molecule has 0 fully saturated rings. The van der Waals surface area contributed by atoms with E-state index in [4.69, 9.17) is 18.9 Å². The SMILES string of the molecule is COc1ccc(/C=C/C(=O)C=C(O)/C=C/c2ccc(OC)c(OCc3ccccc3)c2)cc1OCc1ccccc1. The van der Waals surface area contributed by atoms with Crippen LogP contribution in [0.25, 0.3) is 12.2 Å². The molecule has 0 spiro atoms. The first-order chi connectivity index (χ1) is 20.0. The van der Waals surface area contributed by atoms with Gasteiger partial charge in [-0.05, 0) is 58.7 Å². The van der Waals surface area contributed by atoms with E-state index in [1.165, 1.54) is 12.2 Å². The van der Waals surface area contributed by atoms with E-state index in [0.29, 0.717) is 36.2 Å². The summed E-state index contributed by atoms with van der Waals surface area (Å²) >= 11 is 0. The molecule has 0 saturated heterocycles. The summed E-state index contributed by atoms with van der Waals surface area (Å²) in [6.07, 6.45) is 7.34. The van der Waals surface area contributed by atoms with Crippen molar-refractivity contribution in [1.29, 1.82) is 0 Å². The minimum Gasteiger partial charge on any atom is -0.508 e. The number of aliphatic hydroxyl groups is 1. The third kappa shape index (κ3) is 8.90. The highest BCUT2D eigenvalue weighted by Crippen LogP contribution is 2.30. The van der Waals surface area contributed by atoms with Gasteiger partial charge in [-0.3, -0.25) is 4.79 Å². The van der Waals surface area contributed by atoms with E-state index in [1.54, 1.807) is 44.6 Å². The molecular formula is C35H32O6. The maximum Gasteiger partial charge on any atom is 0.182 e. The number of methoxy groups -OCH3 is 2. The monoisotopic (exact) mass is 548 g/mol. The number of allylic oxidation sites excluding steroid dienone is 3. The Morgan fingerprint density at radius 2 is 1.10 bits per heavy atom. The summed E-state index contributed by atoms with van der Waals surface area (Å²) < 4.78 is 22.7. The van der Waals surface area contributed by atoms with E-state index < -0.39 is 0 Å². The third-order valence-corrected chi connectivity index (χ3v) is 6.03. The van der Waals surface area contributed by atoms with Crippen LogP contribution in [-0.2, 0) is 18.0 Å². The molecule has 0 aliphatic carbocycles. The van der Waals surface area contributed by atoms with Gasteiger partial charge in [0.1, 0.15) is 19.0 Å². The Labute approximate surface area is 240 Å². The second-order valence-electron chi connectivity index (χ2n) is 9.01.